The summed E-state index contributed by atoms with van der Waals surface area (Å²) in [5.74, 6) is 2.77. The summed E-state index contributed by atoms with van der Waals surface area (Å²) in [6.07, 6.45) is 4.50. The van der Waals surface area contributed by atoms with E-state index >= 15 is 0 Å². The van der Waals surface area contributed by atoms with Gasteiger partial charge < -0.3 is 10.0 Å². The van der Waals surface area contributed by atoms with Crippen molar-refractivity contribution in [2.45, 2.75) is 57.6 Å². The van der Waals surface area contributed by atoms with Crippen molar-refractivity contribution in [1.29, 1.82) is 0 Å². The minimum absolute atomic E-state index is 0.0627. The summed E-state index contributed by atoms with van der Waals surface area (Å²) >= 11 is 0. The largest absolute Gasteiger partial charge is 0.391 e. The Labute approximate surface area is 162 Å². The van der Waals surface area contributed by atoms with Crippen molar-refractivity contribution in [2.24, 2.45) is 5.92 Å². The van der Waals surface area contributed by atoms with Crippen LogP contribution in [0, 0.1) is 5.92 Å². The van der Waals surface area contributed by atoms with Crippen molar-refractivity contribution < 1.29 is 5.11 Å². The molecule has 2 N–H and O–H groups in total. The first-order valence-corrected chi connectivity index (χ1v) is 9.84. The number of H-pyrrole nitrogens is 1. The highest BCUT2D eigenvalue weighted by Crippen LogP contribution is 2.43. The Hall–Kier alpha value is -2.62. The molecule has 0 spiro atoms. The third kappa shape index (κ3) is 2.92. The highest BCUT2D eigenvalue weighted by atomic mass is 16.3. The van der Waals surface area contributed by atoms with E-state index in [1.807, 2.05) is 10.9 Å². The van der Waals surface area contributed by atoms with Crippen LogP contribution in [0.3, 0.4) is 0 Å². The second kappa shape index (κ2) is 6.20. The fourth-order valence-corrected chi connectivity index (χ4v) is 3.87. The molecular weight excluding hydrogens is 358 g/mol. The van der Waals surface area contributed by atoms with Gasteiger partial charge in [0.15, 0.2) is 11.5 Å². The molecule has 0 radical (unpaired) electrons. The maximum Gasteiger partial charge on any atom is 0.173 e. The van der Waals surface area contributed by atoms with Gasteiger partial charge in [-0.05, 0) is 35.6 Å². The molecule has 3 aromatic heterocycles. The molecule has 2 atom stereocenters. The van der Waals surface area contributed by atoms with Crippen molar-refractivity contribution in [3.8, 4) is 0 Å². The van der Waals surface area contributed by atoms with Crippen LogP contribution >= 0.6 is 0 Å². The number of tetrazole rings is 1. The number of aliphatic hydroxyl groups excluding tert-OH is 1. The first kappa shape index (κ1) is 17.5. The van der Waals surface area contributed by atoms with Gasteiger partial charge >= 0.3 is 0 Å². The van der Waals surface area contributed by atoms with Crippen molar-refractivity contribution in [2.75, 3.05) is 18.0 Å². The third-order valence-electron chi connectivity index (χ3n) is 5.54. The van der Waals surface area contributed by atoms with Gasteiger partial charge in [0.25, 0.3) is 0 Å². The summed E-state index contributed by atoms with van der Waals surface area (Å²) < 4.78 is 1.95. The molecule has 2 aliphatic rings. The summed E-state index contributed by atoms with van der Waals surface area (Å²) in [5, 5.41) is 30.2. The number of rotatable bonds is 4. The zero-order valence-corrected chi connectivity index (χ0v) is 16.4. The smallest absolute Gasteiger partial charge is 0.173 e. The van der Waals surface area contributed by atoms with Crippen LogP contribution in [0.1, 0.15) is 57.7 Å². The van der Waals surface area contributed by atoms with Crippen LogP contribution in [0.2, 0.25) is 0 Å². The molecule has 1 aliphatic heterocycles. The average Bonchev–Trinajstić information content (AvgIpc) is 3.03. The number of nitrogens with zero attached hydrogens (tertiary/aromatic N) is 8. The Morgan fingerprint density at radius 3 is 2.64 bits per heavy atom. The van der Waals surface area contributed by atoms with Crippen LogP contribution in [0.25, 0.3) is 11.0 Å². The van der Waals surface area contributed by atoms with Crippen molar-refractivity contribution in [1.82, 2.24) is 40.4 Å². The quantitative estimate of drug-likeness (QED) is 0.689. The number of β-amino-alcohol motifs (C(OH)–C–C–N with tert-alkyl or cyclic N) is 1. The van der Waals surface area contributed by atoms with Crippen molar-refractivity contribution in [3.05, 3.63) is 17.8 Å². The average molecular weight is 383 g/mol. The highest BCUT2D eigenvalue weighted by molar-refractivity contribution is 5.87. The minimum Gasteiger partial charge on any atom is -0.391 e. The molecule has 1 saturated heterocycles. The van der Waals surface area contributed by atoms with Gasteiger partial charge in [-0.1, -0.05) is 20.8 Å². The van der Waals surface area contributed by atoms with Gasteiger partial charge in [-0.25, -0.2) is 19.7 Å². The number of fused-ring (bicyclic) bond motifs is 1. The van der Waals surface area contributed by atoms with Crippen LogP contribution in [0.4, 0.5) is 5.82 Å². The van der Waals surface area contributed by atoms with Crippen LogP contribution in [0.15, 0.2) is 6.20 Å². The Morgan fingerprint density at radius 1 is 1.21 bits per heavy atom. The normalized spacial score (nSPS) is 21.6. The van der Waals surface area contributed by atoms with Crippen molar-refractivity contribution >= 4 is 16.9 Å². The summed E-state index contributed by atoms with van der Waals surface area (Å²) in [7, 11) is 0. The third-order valence-corrected chi connectivity index (χ3v) is 5.54. The topological polar surface area (TPSA) is 122 Å². The summed E-state index contributed by atoms with van der Waals surface area (Å²) in [6.45, 7) is 7.68. The van der Waals surface area contributed by atoms with Gasteiger partial charge in [-0.2, -0.15) is 5.10 Å². The van der Waals surface area contributed by atoms with Crippen LogP contribution in [-0.4, -0.2) is 64.7 Å². The molecule has 1 aliphatic carbocycles. The molecule has 1 saturated carbocycles. The maximum atomic E-state index is 10.0. The lowest BCUT2D eigenvalue weighted by atomic mass is 9.95. The number of aromatic nitrogens is 8. The number of nitrogens with one attached hydrogen (secondary N) is 1. The summed E-state index contributed by atoms with van der Waals surface area (Å²) in [4.78, 5) is 11.9. The monoisotopic (exact) mass is 383 g/mol. The Balaban J connectivity index is 1.69. The Bertz CT molecular complexity index is 987. The van der Waals surface area contributed by atoms with Crippen molar-refractivity contribution in [3.63, 3.8) is 0 Å². The summed E-state index contributed by atoms with van der Waals surface area (Å²) in [5.41, 5.74) is 0.587. The van der Waals surface area contributed by atoms with E-state index in [4.69, 9.17) is 15.1 Å². The highest BCUT2D eigenvalue weighted by Gasteiger charge is 2.38. The number of hydrogen-bond acceptors (Lipinski definition) is 8. The van der Waals surface area contributed by atoms with Crippen LogP contribution in [0.5, 0.6) is 0 Å². The standard InChI is InChI=1S/C18H25N9O/c1-18(2,3)17-20-15(26-7-6-11(28)9-26)12-8-19-27(16(12)21-17)13(10-4-5-10)14-22-24-25-23-14/h8,10-11,13,28H,4-7,9H2,1-3H3,(H,22,23,24,25). The molecule has 0 aromatic carbocycles. The van der Waals surface area contributed by atoms with E-state index in [2.05, 4.69) is 46.3 Å². The predicted molar refractivity (Wildman–Crippen MR) is 102 cm³/mol. The molecule has 0 amide bonds. The fourth-order valence-electron chi connectivity index (χ4n) is 3.87. The second-order valence-electron chi connectivity index (χ2n) is 8.90. The molecular formula is C18H25N9O. The predicted octanol–water partition coefficient (Wildman–Crippen LogP) is 1.21. The Morgan fingerprint density at radius 2 is 2.04 bits per heavy atom. The van der Waals surface area contributed by atoms with Crippen LogP contribution in [-0.2, 0) is 5.41 Å². The molecule has 0 bridgehead atoms. The molecule has 3 aromatic rings. The zero-order chi connectivity index (χ0) is 19.5. The maximum absolute atomic E-state index is 10.0. The molecule has 10 heteroatoms. The second-order valence-corrected chi connectivity index (χ2v) is 8.90. The van der Waals surface area contributed by atoms with Gasteiger partial charge in [0, 0.05) is 18.5 Å². The molecule has 28 heavy (non-hydrogen) atoms. The summed E-state index contributed by atoms with van der Waals surface area (Å²) in [6, 6.07) is -0.0627. The zero-order valence-electron chi connectivity index (χ0n) is 16.4. The molecule has 10 nitrogen and oxygen atoms in total. The Kier molecular flexibility index (Phi) is 3.87. The van der Waals surface area contributed by atoms with Crippen LogP contribution < -0.4 is 4.90 Å². The lowest BCUT2D eigenvalue weighted by molar-refractivity contribution is 0.198. The first-order valence-electron chi connectivity index (χ1n) is 9.84. The first-order chi connectivity index (χ1) is 13.4. The lowest BCUT2D eigenvalue weighted by Crippen LogP contribution is -2.26. The van der Waals surface area contributed by atoms with E-state index in [1.165, 1.54) is 0 Å². The molecule has 4 heterocycles. The minimum atomic E-state index is -0.322. The van der Waals surface area contributed by atoms with Gasteiger partial charge in [0.05, 0.1) is 17.7 Å². The number of aromatic amines is 1. The van der Waals surface area contributed by atoms with E-state index in [0.717, 1.165) is 48.5 Å². The molecule has 5 rings (SSSR count). The van der Waals surface area contributed by atoms with E-state index < -0.39 is 0 Å². The number of hydrogen-bond donors (Lipinski definition) is 2. The SMILES string of the molecule is CC(C)(C)c1nc(N2CCC(O)C2)c2cnn(C(c3nnn[nH]3)C3CC3)c2n1. The van der Waals surface area contributed by atoms with Gasteiger partial charge in [-0.15, -0.1) is 5.10 Å². The van der Waals surface area contributed by atoms with E-state index in [1.54, 1.807) is 0 Å². The van der Waals surface area contributed by atoms with E-state index in [9.17, 15) is 5.11 Å². The van der Waals surface area contributed by atoms with E-state index in [0.29, 0.717) is 18.3 Å². The fraction of sp³-hybridized carbons (Fsp3) is 0.667. The molecule has 2 fully saturated rings. The van der Waals surface area contributed by atoms with E-state index in [-0.39, 0.29) is 17.6 Å². The molecule has 2 unspecified atom stereocenters. The van der Waals surface area contributed by atoms with Gasteiger partial charge in [-0.3, -0.25) is 0 Å². The van der Waals surface area contributed by atoms with Gasteiger partial charge in [0.1, 0.15) is 17.7 Å². The number of anilines is 1. The molecule has 148 valence electrons. The lowest BCUT2D eigenvalue weighted by Gasteiger charge is -2.23. The van der Waals surface area contributed by atoms with Gasteiger partial charge in [0.2, 0.25) is 0 Å². The number of aliphatic hydroxyl groups is 1.